The second-order valence-corrected chi connectivity index (χ2v) is 5.84. The van der Waals surface area contributed by atoms with Crippen molar-refractivity contribution in [3.63, 3.8) is 0 Å². The predicted octanol–water partition coefficient (Wildman–Crippen LogP) is 3.37. The third-order valence-electron chi connectivity index (χ3n) is 2.94. The standard InChI is InChI=1S/C17H15BrFN3O2/c1-11(9-16(23)20-15-7-5-14(19)6-8-15)21-22-17(24)12-3-2-4-13(18)10-12/h2-8,10,21H,1,9H2,(H,20,23)(H,22,24). The van der Waals surface area contributed by atoms with Gasteiger partial charge >= 0.3 is 0 Å². The van der Waals surface area contributed by atoms with E-state index in [0.717, 1.165) is 4.47 Å². The van der Waals surface area contributed by atoms with E-state index < -0.39 is 0 Å². The van der Waals surface area contributed by atoms with Gasteiger partial charge in [-0.15, -0.1) is 0 Å². The van der Waals surface area contributed by atoms with Crippen molar-refractivity contribution in [3.8, 4) is 0 Å². The van der Waals surface area contributed by atoms with Crippen LogP contribution in [0.15, 0.2) is 65.3 Å². The van der Waals surface area contributed by atoms with Crippen molar-refractivity contribution < 1.29 is 14.0 Å². The number of rotatable bonds is 6. The minimum absolute atomic E-state index is 0.0455. The Kier molecular flexibility index (Phi) is 6.08. The first-order chi connectivity index (χ1) is 11.4. The van der Waals surface area contributed by atoms with Gasteiger partial charge in [0.05, 0.1) is 6.42 Å². The lowest BCUT2D eigenvalue weighted by Gasteiger charge is -2.11. The third kappa shape index (κ3) is 5.51. The van der Waals surface area contributed by atoms with Crippen molar-refractivity contribution >= 4 is 33.4 Å². The maximum atomic E-state index is 12.8. The van der Waals surface area contributed by atoms with Crippen LogP contribution in [0.1, 0.15) is 16.8 Å². The molecule has 2 amide bonds. The SMILES string of the molecule is C=C(CC(=O)Nc1ccc(F)cc1)NNC(=O)c1cccc(Br)c1. The normalized spacial score (nSPS) is 9.92. The zero-order valence-corrected chi connectivity index (χ0v) is 14.2. The fourth-order valence-electron chi connectivity index (χ4n) is 1.82. The highest BCUT2D eigenvalue weighted by Gasteiger charge is 2.08. The average molecular weight is 392 g/mol. The fourth-order valence-corrected chi connectivity index (χ4v) is 2.22. The number of carbonyl (C=O) groups excluding carboxylic acids is 2. The molecule has 0 saturated heterocycles. The van der Waals surface area contributed by atoms with Crippen LogP contribution in [0.2, 0.25) is 0 Å². The van der Waals surface area contributed by atoms with Gasteiger partial charge in [-0.1, -0.05) is 28.6 Å². The molecule has 0 radical (unpaired) electrons. The zero-order chi connectivity index (χ0) is 17.5. The van der Waals surface area contributed by atoms with E-state index in [4.69, 9.17) is 0 Å². The summed E-state index contributed by atoms with van der Waals surface area (Å²) in [5, 5.41) is 2.60. The Labute approximate surface area is 147 Å². The first-order valence-corrected chi connectivity index (χ1v) is 7.78. The summed E-state index contributed by atoms with van der Waals surface area (Å²) < 4.78 is 13.6. The third-order valence-corrected chi connectivity index (χ3v) is 3.43. The van der Waals surface area contributed by atoms with Gasteiger partial charge < -0.3 is 10.7 Å². The number of benzene rings is 2. The summed E-state index contributed by atoms with van der Waals surface area (Å²) in [6.45, 7) is 3.68. The summed E-state index contributed by atoms with van der Waals surface area (Å²) >= 11 is 3.28. The molecule has 0 saturated carbocycles. The van der Waals surface area contributed by atoms with Crippen LogP contribution >= 0.6 is 15.9 Å². The molecule has 0 aliphatic rings. The van der Waals surface area contributed by atoms with Crippen LogP contribution in [0.4, 0.5) is 10.1 Å². The number of nitrogens with one attached hydrogen (secondary N) is 3. The Morgan fingerprint density at radius 1 is 1.08 bits per heavy atom. The highest BCUT2D eigenvalue weighted by atomic mass is 79.9. The van der Waals surface area contributed by atoms with Crippen LogP contribution in [-0.2, 0) is 4.79 Å². The van der Waals surface area contributed by atoms with E-state index in [9.17, 15) is 14.0 Å². The van der Waals surface area contributed by atoms with Crippen molar-refractivity contribution in [1.82, 2.24) is 10.9 Å². The molecule has 3 N–H and O–H groups in total. The maximum absolute atomic E-state index is 12.8. The molecule has 124 valence electrons. The van der Waals surface area contributed by atoms with Gasteiger partial charge in [-0.05, 0) is 42.5 Å². The number of anilines is 1. The summed E-state index contributed by atoms with van der Waals surface area (Å²) in [5.74, 6) is -1.07. The molecule has 0 spiro atoms. The minimum atomic E-state index is -0.380. The van der Waals surface area contributed by atoms with Gasteiger partial charge in [0.25, 0.3) is 5.91 Å². The van der Waals surface area contributed by atoms with E-state index in [2.05, 4.69) is 38.7 Å². The van der Waals surface area contributed by atoms with Crippen LogP contribution in [0.25, 0.3) is 0 Å². The minimum Gasteiger partial charge on any atom is -0.326 e. The molecule has 2 aromatic rings. The number of carbonyl (C=O) groups is 2. The monoisotopic (exact) mass is 391 g/mol. The lowest BCUT2D eigenvalue weighted by Crippen LogP contribution is -2.37. The zero-order valence-electron chi connectivity index (χ0n) is 12.6. The van der Waals surface area contributed by atoms with Gasteiger partial charge in [0.1, 0.15) is 5.82 Å². The lowest BCUT2D eigenvalue weighted by atomic mass is 10.2. The van der Waals surface area contributed by atoms with Crippen molar-refractivity contribution in [1.29, 1.82) is 0 Å². The summed E-state index contributed by atoms with van der Waals surface area (Å²) in [6.07, 6.45) is -0.0455. The Balaban J connectivity index is 1.79. The highest BCUT2D eigenvalue weighted by Crippen LogP contribution is 2.11. The summed E-state index contributed by atoms with van der Waals surface area (Å²) in [7, 11) is 0. The van der Waals surface area contributed by atoms with Crippen molar-refractivity contribution in [2.75, 3.05) is 5.32 Å². The molecule has 24 heavy (non-hydrogen) atoms. The number of amides is 2. The van der Waals surface area contributed by atoms with Crippen molar-refractivity contribution in [2.24, 2.45) is 0 Å². The van der Waals surface area contributed by atoms with Gasteiger partial charge in [0.15, 0.2) is 0 Å². The molecule has 7 heteroatoms. The van der Waals surface area contributed by atoms with Gasteiger partial charge in [-0.25, -0.2) is 4.39 Å². The molecule has 0 aromatic heterocycles. The largest absolute Gasteiger partial charge is 0.326 e. The maximum Gasteiger partial charge on any atom is 0.269 e. The molecule has 0 heterocycles. The van der Waals surface area contributed by atoms with Gasteiger partial charge in [0.2, 0.25) is 5.91 Å². The molecule has 0 unspecified atom stereocenters. The van der Waals surface area contributed by atoms with Crippen LogP contribution in [0.5, 0.6) is 0 Å². The molecule has 0 bridgehead atoms. The molecular formula is C17H15BrFN3O2. The quantitative estimate of drug-likeness (QED) is 0.661. The number of hydrazine groups is 1. The van der Waals surface area contributed by atoms with Gasteiger partial charge in [0, 0.05) is 21.4 Å². The van der Waals surface area contributed by atoms with Crippen molar-refractivity contribution in [2.45, 2.75) is 6.42 Å². The van der Waals surface area contributed by atoms with E-state index in [1.165, 1.54) is 24.3 Å². The second kappa shape index (κ2) is 8.26. The molecule has 0 fully saturated rings. The Morgan fingerprint density at radius 2 is 1.79 bits per heavy atom. The number of hydrogen-bond acceptors (Lipinski definition) is 3. The van der Waals surface area contributed by atoms with E-state index in [-0.39, 0.29) is 24.1 Å². The summed E-state index contributed by atoms with van der Waals surface area (Å²) in [6, 6.07) is 12.3. The first kappa shape index (κ1) is 17.7. The molecule has 0 aliphatic carbocycles. The summed E-state index contributed by atoms with van der Waals surface area (Å²) in [4.78, 5) is 23.8. The second-order valence-electron chi connectivity index (χ2n) is 4.92. The van der Waals surface area contributed by atoms with Gasteiger partial charge in [-0.2, -0.15) is 0 Å². The van der Waals surface area contributed by atoms with Gasteiger partial charge in [-0.3, -0.25) is 15.0 Å². The summed E-state index contributed by atoms with van der Waals surface area (Å²) in [5.41, 5.74) is 6.32. The highest BCUT2D eigenvalue weighted by molar-refractivity contribution is 9.10. The smallest absolute Gasteiger partial charge is 0.269 e. The van der Waals surface area contributed by atoms with E-state index in [1.54, 1.807) is 18.2 Å². The fraction of sp³-hybridized carbons (Fsp3) is 0.0588. The van der Waals surface area contributed by atoms with E-state index >= 15 is 0 Å². The predicted molar refractivity (Wildman–Crippen MR) is 93.5 cm³/mol. The molecule has 2 rings (SSSR count). The average Bonchev–Trinajstić information content (AvgIpc) is 2.54. The molecule has 0 aliphatic heterocycles. The topological polar surface area (TPSA) is 70.2 Å². The Morgan fingerprint density at radius 3 is 2.46 bits per heavy atom. The molecular weight excluding hydrogens is 377 g/mol. The van der Waals surface area contributed by atoms with Crippen molar-refractivity contribution in [3.05, 3.63) is 76.7 Å². The van der Waals surface area contributed by atoms with E-state index in [1.807, 2.05) is 6.07 Å². The molecule has 2 aromatic carbocycles. The number of hydrogen-bond donors (Lipinski definition) is 3. The van der Waals surface area contributed by atoms with Crippen LogP contribution in [0, 0.1) is 5.82 Å². The van der Waals surface area contributed by atoms with Crippen LogP contribution in [-0.4, -0.2) is 11.8 Å². The Bertz CT molecular complexity index is 763. The molecule has 0 atom stereocenters. The first-order valence-electron chi connectivity index (χ1n) is 6.99. The molecule has 5 nitrogen and oxygen atoms in total. The lowest BCUT2D eigenvalue weighted by molar-refractivity contribution is -0.115. The van der Waals surface area contributed by atoms with Crippen LogP contribution in [0.3, 0.4) is 0 Å². The van der Waals surface area contributed by atoms with Crippen LogP contribution < -0.4 is 16.2 Å². The Hall–Kier alpha value is -2.67. The van der Waals surface area contributed by atoms with E-state index in [0.29, 0.717) is 16.9 Å². The number of halogens is 2.